The Bertz CT molecular complexity index is 360. The summed E-state index contributed by atoms with van der Waals surface area (Å²) < 4.78 is 38.1. The second kappa shape index (κ2) is 4.41. The molecule has 0 spiro atoms. The first-order valence-corrected chi connectivity index (χ1v) is 4.78. The third-order valence-electron chi connectivity index (χ3n) is 2.16. The number of hydrogen-bond donors (Lipinski definition) is 1. The zero-order chi connectivity index (χ0) is 11.6. The summed E-state index contributed by atoms with van der Waals surface area (Å²) in [4.78, 5) is 0. The minimum Gasteiger partial charge on any atom is -0.392 e. The van der Waals surface area contributed by atoms with Crippen molar-refractivity contribution in [3.8, 4) is 0 Å². The molecule has 0 saturated heterocycles. The number of aliphatic hydroxyl groups is 1. The highest BCUT2D eigenvalue weighted by Gasteiger charge is 2.36. The molecular weight excluding hydrogens is 229 g/mol. The van der Waals surface area contributed by atoms with E-state index in [0.717, 1.165) is 0 Å². The van der Waals surface area contributed by atoms with Crippen molar-refractivity contribution in [1.29, 1.82) is 0 Å². The largest absolute Gasteiger partial charge is 0.417 e. The van der Waals surface area contributed by atoms with Crippen LogP contribution in [0.1, 0.15) is 23.6 Å². The van der Waals surface area contributed by atoms with Gasteiger partial charge in [0, 0.05) is 10.6 Å². The Kier molecular flexibility index (Phi) is 3.62. The number of benzene rings is 1. The first-order valence-electron chi connectivity index (χ1n) is 4.40. The van der Waals surface area contributed by atoms with Gasteiger partial charge in [-0.3, -0.25) is 0 Å². The highest BCUT2D eigenvalue weighted by molar-refractivity contribution is 6.31. The van der Waals surface area contributed by atoms with Crippen molar-refractivity contribution in [2.75, 3.05) is 0 Å². The lowest BCUT2D eigenvalue weighted by molar-refractivity contribution is -0.139. The van der Waals surface area contributed by atoms with E-state index in [-0.39, 0.29) is 22.6 Å². The van der Waals surface area contributed by atoms with Crippen molar-refractivity contribution in [3.63, 3.8) is 0 Å². The summed E-state index contributed by atoms with van der Waals surface area (Å²) in [6.45, 7) is 0.918. The summed E-state index contributed by atoms with van der Waals surface area (Å²) in [5, 5.41) is 8.84. The third-order valence-corrected chi connectivity index (χ3v) is 2.52. The van der Waals surface area contributed by atoms with Crippen molar-refractivity contribution < 1.29 is 18.3 Å². The van der Waals surface area contributed by atoms with Crippen molar-refractivity contribution in [2.45, 2.75) is 26.1 Å². The van der Waals surface area contributed by atoms with Gasteiger partial charge in [0.2, 0.25) is 0 Å². The smallest absolute Gasteiger partial charge is 0.392 e. The van der Waals surface area contributed by atoms with Crippen LogP contribution in [-0.4, -0.2) is 5.11 Å². The van der Waals surface area contributed by atoms with Crippen LogP contribution in [0.2, 0.25) is 5.02 Å². The van der Waals surface area contributed by atoms with Gasteiger partial charge >= 0.3 is 6.18 Å². The highest BCUT2D eigenvalue weighted by atomic mass is 35.5. The molecule has 0 amide bonds. The van der Waals surface area contributed by atoms with E-state index in [1.165, 1.54) is 12.1 Å². The van der Waals surface area contributed by atoms with Gasteiger partial charge in [-0.15, -0.1) is 0 Å². The average molecular weight is 239 g/mol. The van der Waals surface area contributed by atoms with Gasteiger partial charge in [0.05, 0.1) is 12.2 Å². The van der Waals surface area contributed by atoms with Gasteiger partial charge in [-0.25, -0.2) is 0 Å². The molecule has 84 valence electrons. The van der Waals surface area contributed by atoms with E-state index < -0.39 is 18.3 Å². The number of rotatable bonds is 2. The van der Waals surface area contributed by atoms with Gasteiger partial charge in [-0.1, -0.05) is 24.6 Å². The number of aryl methyl sites for hydroxylation is 1. The molecule has 0 bridgehead atoms. The lowest BCUT2D eigenvalue weighted by Gasteiger charge is -2.16. The second-order valence-electron chi connectivity index (χ2n) is 3.07. The monoisotopic (exact) mass is 238 g/mol. The molecule has 0 aromatic heterocycles. The van der Waals surface area contributed by atoms with E-state index in [4.69, 9.17) is 16.7 Å². The molecule has 1 N–H and O–H groups in total. The maximum atomic E-state index is 12.7. The van der Waals surface area contributed by atoms with Crippen LogP contribution in [0.3, 0.4) is 0 Å². The minimum atomic E-state index is -4.48. The van der Waals surface area contributed by atoms with Crippen LogP contribution in [0.15, 0.2) is 12.1 Å². The van der Waals surface area contributed by atoms with Crippen LogP contribution in [0, 0.1) is 0 Å². The maximum Gasteiger partial charge on any atom is 0.417 e. The Morgan fingerprint density at radius 1 is 1.33 bits per heavy atom. The van der Waals surface area contributed by atoms with E-state index in [0.29, 0.717) is 0 Å². The Balaban J connectivity index is 3.48. The lowest BCUT2D eigenvalue weighted by atomic mass is 9.99. The van der Waals surface area contributed by atoms with E-state index >= 15 is 0 Å². The maximum absolute atomic E-state index is 12.7. The van der Waals surface area contributed by atoms with E-state index in [9.17, 15) is 13.2 Å². The van der Waals surface area contributed by atoms with Gasteiger partial charge in [0.1, 0.15) is 0 Å². The second-order valence-corrected chi connectivity index (χ2v) is 3.48. The van der Waals surface area contributed by atoms with Crippen molar-refractivity contribution in [3.05, 3.63) is 33.8 Å². The Morgan fingerprint density at radius 2 is 1.93 bits per heavy atom. The third kappa shape index (κ3) is 2.44. The molecule has 0 aliphatic heterocycles. The van der Waals surface area contributed by atoms with Crippen LogP contribution in [0.25, 0.3) is 0 Å². The number of aliphatic hydroxyl groups excluding tert-OH is 1. The molecular formula is C10H10ClF3O. The highest BCUT2D eigenvalue weighted by Crippen LogP contribution is 2.37. The van der Waals surface area contributed by atoms with Crippen molar-refractivity contribution in [2.24, 2.45) is 0 Å². The van der Waals surface area contributed by atoms with E-state index in [2.05, 4.69) is 0 Å². The molecule has 0 aliphatic rings. The topological polar surface area (TPSA) is 20.2 Å². The summed E-state index contributed by atoms with van der Waals surface area (Å²) in [5.41, 5.74) is -0.903. The fourth-order valence-electron chi connectivity index (χ4n) is 1.47. The fourth-order valence-corrected chi connectivity index (χ4v) is 1.69. The first kappa shape index (κ1) is 12.3. The van der Waals surface area contributed by atoms with Crippen LogP contribution in [-0.2, 0) is 19.2 Å². The molecule has 15 heavy (non-hydrogen) atoms. The minimum absolute atomic E-state index is 0.0537. The number of halogens is 4. The zero-order valence-electron chi connectivity index (χ0n) is 8.03. The van der Waals surface area contributed by atoms with Gasteiger partial charge in [-0.2, -0.15) is 13.2 Å². The molecule has 1 aromatic carbocycles. The molecule has 1 rings (SSSR count). The summed E-state index contributed by atoms with van der Waals surface area (Å²) in [6.07, 6.45) is -4.23. The Labute approximate surface area is 90.5 Å². The molecule has 0 atom stereocenters. The average Bonchev–Trinajstić information content (AvgIpc) is 2.15. The fraction of sp³-hybridized carbons (Fsp3) is 0.400. The SMILES string of the molecule is CCc1ccc(Cl)c(CO)c1C(F)(F)F. The summed E-state index contributed by atoms with van der Waals surface area (Å²) in [7, 11) is 0. The quantitative estimate of drug-likeness (QED) is 0.837. The van der Waals surface area contributed by atoms with Crippen LogP contribution in [0.4, 0.5) is 13.2 Å². The molecule has 0 fully saturated rings. The predicted octanol–water partition coefficient (Wildman–Crippen LogP) is 3.41. The van der Waals surface area contributed by atoms with E-state index in [1.54, 1.807) is 6.92 Å². The van der Waals surface area contributed by atoms with Gasteiger partial charge in [-0.05, 0) is 18.1 Å². The van der Waals surface area contributed by atoms with Crippen LogP contribution < -0.4 is 0 Å². The molecule has 0 unspecified atom stereocenters. The molecule has 0 heterocycles. The lowest BCUT2D eigenvalue weighted by Crippen LogP contribution is -2.13. The van der Waals surface area contributed by atoms with E-state index in [1.807, 2.05) is 0 Å². The van der Waals surface area contributed by atoms with Gasteiger partial charge in [0.25, 0.3) is 0 Å². The van der Waals surface area contributed by atoms with Crippen molar-refractivity contribution >= 4 is 11.6 Å². The van der Waals surface area contributed by atoms with Crippen molar-refractivity contribution in [1.82, 2.24) is 0 Å². The number of hydrogen-bond acceptors (Lipinski definition) is 1. The molecule has 1 aromatic rings. The zero-order valence-corrected chi connectivity index (χ0v) is 8.78. The Morgan fingerprint density at radius 3 is 2.33 bits per heavy atom. The normalized spacial score (nSPS) is 11.9. The molecule has 0 aliphatic carbocycles. The Hall–Kier alpha value is -0.740. The standard InChI is InChI=1S/C10H10ClF3O/c1-2-6-3-4-8(11)7(5-15)9(6)10(12,13)14/h3-4,15H,2,5H2,1H3. The predicted molar refractivity (Wildman–Crippen MR) is 51.8 cm³/mol. The van der Waals surface area contributed by atoms with Gasteiger partial charge in [0.15, 0.2) is 0 Å². The molecule has 0 saturated carbocycles. The van der Waals surface area contributed by atoms with Gasteiger partial charge < -0.3 is 5.11 Å². The molecule has 0 radical (unpaired) electrons. The van der Waals surface area contributed by atoms with Crippen LogP contribution in [0.5, 0.6) is 0 Å². The summed E-state index contributed by atoms with van der Waals surface area (Å²) >= 11 is 5.60. The summed E-state index contributed by atoms with van der Waals surface area (Å²) in [5.74, 6) is 0. The molecule has 5 heteroatoms. The van der Waals surface area contributed by atoms with Crippen LogP contribution >= 0.6 is 11.6 Å². The first-order chi connectivity index (χ1) is 6.91. The molecule has 1 nitrogen and oxygen atoms in total. The number of alkyl halides is 3. The summed E-state index contributed by atoms with van der Waals surface area (Å²) in [6, 6.07) is 2.71.